The zero-order valence-corrected chi connectivity index (χ0v) is 18.7. The molecule has 2 atom stereocenters. The van der Waals surface area contributed by atoms with Crippen LogP contribution in [0.25, 0.3) is 0 Å². The summed E-state index contributed by atoms with van der Waals surface area (Å²) in [5, 5.41) is 6.35. The number of halogens is 3. The monoisotopic (exact) mass is 497 g/mol. The van der Waals surface area contributed by atoms with Crippen LogP contribution in [0, 0.1) is 0 Å². The summed E-state index contributed by atoms with van der Waals surface area (Å²) in [6, 6.07) is 11.0. The number of urea groups is 1. The molecular formula is C20H18BrCl2N3O3. The van der Waals surface area contributed by atoms with Gasteiger partial charge in [0.25, 0.3) is 5.91 Å². The van der Waals surface area contributed by atoms with E-state index in [4.69, 9.17) is 23.2 Å². The summed E-state index contributed by atoms with van der Waals surface area (Å²) in [7, 11) is 0. The highest BCUT2D eigenvalue weighted by molar-refractivity contribution is 9.10. The third-order valence-electron chi connectivity index (χ3n) is 4.80. The van der Waals surface area contributed by atoms with Crippen LogP contribution in [0.4, 0.5) is 4.79 Å². The average molecular weight is 499 g/mol. The Morgan fingerprint density at radius 1 is 1.24 bits per heavy atom. The van der Waals surface area contributed by atoms with Crippen molar-refractivity contribution in [2.45, 2.75) is 25.4 Å². The Kier molecular flexibility index (Phi) is 6.22. The van der Waals surface area contributed by atoms with Gasteiger partial charge in [0.1, 0.15) is 12.1 Å². The summed E-state index contributed by atoms with van der Waals surface area (Å²) < 4.78 is 0.688. The van der Waals surface area contributed by atoms with E-state index in [0.29, 0.717) is 25.6 Å². The van der Waals surface area contributed by atoms with E-state index in [9.17, 15) is 14.4 Å². The maximum absolute atomic E-state index is 13.0. The number of carbonyl (C=O) groups excluding carboxylic acids is 3. The van der Waals surface area contributed by atoms with Gasteiger partial charge in [-0.1, -0.05) is 63.4 Å². The van der Waals surface area contributed by atoms with Crippen LogP contribution in [0.5, 0.6) is 0 Å². The van der Waals surface area contributed by atoms with Gasteiger partial charge in [-0.05, 0) is 37.6 Å². The number of hydrogen-bond acceptors (Lipinski definition) is 3. The Morgan fingerprint density at radius 2 is 1.93 bits per heavy atom. The van der Waals surface area contributed by atoms with Gasteiger partial charge in [0.15, 0.2) is 0 Å². The van der Waals surface area contributed by atoms with E-state index in [2.05, 4.69) is 26.6 Å². The molecule has 3 rings (SSSR count). The van der Waals surface area contributed by atoms with Gasteiger partial charge in [0.05, 0.1) is 6.04 Å². The highest BCUT2D eigenvalue weighted by Crippen LogP contribution is 2.33. The van der Waals surface area contributed by atoms with Gasteiger partial charge < -0.3 is 10.6 Å². The molecule has 0 aromatic heterocycles. The molecule has 0 bridgehead atoms. The lowest BCUT2D eigenvalue weighted by Crippen LogP contribution is -2.43. The van der Waals surface area contributed by atoms with Crippen molar-refractivity contribution in [3.63, 3.8) is 0 Å². The van der Waals surface area contributed by atoms with E-state index < -0.39 is 36.0 Å². The number of amides is 4. The van der Waals surface area contributed by atoms with Crippen molar-refractivity contribution >= 4 is 57.0 Å². The maximum Gasteiger partial charge on any atom is 0.325 e. The minimum Gasteiger partial charge on any atom is -0.348 e. The Hall–Kier alpha value is -2.09. The Morgan fingerprint density at radius 3 is 2.59 bits per heavy atom. The third kappa shape index (κ3) is 4.27. The highest BCUT2D eigenvalue weighted by Gasteiger charge is 2.50. The molecule has 29 heavy (non-hydrogen) atoms. The number of carbonyl (C=O) groups is 3. The molecule has 4 amide bonds. The van der Waals surface area contributed by atoms with E-state index in [-0.39, 0.29) is 0 Å². The standard InChI is InChI=1S/C20H18BrCl2N3O3/c1-11(13-8-7-12(22)9-16(13)23)24-17(27)10-26-18(28)20(2,25-19(26)29)14-5-3-4-6-15(14)21/h3-9,11H,10H2,1-2H3,(H,24,27)(H,25,29). The van der Waals surface area contributed by atoms with Crippen molar-refractivity contribution in [2.75, 3.05) is 6.54 Å². The van der Waals surface area contributed by atoms with Gasteiger partial charge in [-0.2, -0.15) is 0 Å². The molecule has 9 heteroatoms. The molecule has 0 spiro atoms. The van der Waals surface area contributed by atoms with Gasteiger partial charge in [0.2, 0.25) is 5.91 Å². The first-order valence-electron chi connectivity index (χ1n) is 8.77. The Labute approximate surface area is 186 Å². The number of hydrogen-bond donors (Lipinski definition) is 2. The molecule has 1 aliphatic heterocycles. The number of imide groups is 1. The lowest BCUT2D eigenvalue weighted by molar-refractivity contribution is -0.135. The zero-order valence-electron chi connectivity index (χ0n) is 15.6. The van der Waals surface area contributed by atoms with Crippen LogP contribution in [0.2, 0.25) is 10.0 Å². The Balaban J connectivity index is 1.73. The minimum atomic E-state index is -1.26. The topological polar surface area (TPSA) is 78.5 Å². The second-order valence-corrected chi connectivity index (χ2v) is 8.58. The van der Waals surface area contributed by atoms with Crippen molar-refractivity contribution in [3.05, 3.63) is 68.1 Å². The van der Waals surface area contributed by atoms with E-state index in [1.807, 2.05) is 6.07 Å². The summed E-state index contributed by atoms with van der Waals surface area (Å²) in [6.45, 7) is 2.96. The van der Waals surface area contributed by atoms with Crippen LogP contribution in [-0.2, 0) is 15.1 Å². The molecule has 152 valence electrons. The molecule has 6 nitrogen and oxygen atoms in total. The summed E-state index contributed by atoms with van der Waals surface area (Å²) >= 11 is 15.5. The summed E-state index contributed by atoms with van der Waals surface area (Å²) in [5.41, 5.74) is 0.0324. The van der Waals surface area contributed by atoms with Crippen LogP contribution < -0.4 is 10.6 Å². The predicted molar refractivity (Wildman–Crippen MR) is 115 cm³/mol. The van der Waals surface area contributed by atoms with Gasteiger partial charge in [-0.15, -0.1) is 0 Å². The molecule has 1 heterocycles. The first-order valence-corrected chi connectivity index (χ1v) is 10.3. The SMILES string of the molecule is CC(NC(=O)CN1C(=O)NC(C)(c2ccccc2Br)C1=O)c1ccc(Cl)cc1Cl. The van der Waals surface area contributed by atoms with Crippen LogP contribution in [0.3, 0.4) is 0 Å². The molecule has 2 unspecified atom stereocenters. The van der Waals surface area contributed by atoms with E-state index >= 15 is 0 Å². The van der Waals surface area contributed by atoms with Gasteiger partial charge in [-0.3, -0.25) is 14.5 Å². The molecule has 2 N–H and O–H groups in total. The van der Waals surface area contributed by atoms with E-state index in [0.717, 1.165) is 4.90 Å². The maximum atomic E-state index is 13.0. The average Bonchev–Trinajstić information content (AvgIpc) is 2.85. The van der Waals surface area contributed by atoms with Crippen LogP contribution in [-0.4, -0.2) is 29.3 Å². The van der Waals surface area contributed by atoms with Crippen LogP contribution in [0.15, 0.2) is 46.9 Å². The van der Waals surface area contributed by atoms with Crippen molar-refractivity contribution in [1.29, 1.82) is 0 Å². The summed E-state index contributed by atoms with van der Waals surface area (Å²) in [5.74, 6) is -0.981. The number of nitrogens with zero attached hydrogens (tertiary/aromatic N) is 1. The smallest absolute Gasteiger partial charge is 0.325 e. The first-order chi connectivity index (χ1) is 13.6. The molecule has 0 aliphatic carbocycles. The summed E-state index contributed by atoms with van der Waals surface area (Å²) in [6.07, 6.45) is 0. The van der Waals surface area contributed by atoms with Crippen molar-refractivity contribution < 1.29 is 14.4 Å². The number of rotatable bonds is 5. The lowest BCUT2D eigenvalue weighted by atomic mass is 9.92. The van der Waals surface area contributed by atoms with Crippen LogP contribution in [0.1, 0.15) is 31.0 Å². The zero-order chi connectivity index (χ0) is 21.3. The third-order valence-corrected chi connectivity index (χ3v) is 6.05. The lowest BCUT2D eigenvalue weighted by Gasteiger charge is -2.23. The normalized spacial score (nSPS) is 19.8. The molecular weight excluding hydrogens is 481 g/mol. The molecule has 2 aromatic rings. The van der Waals surface area contributed by atoms with Crippen molar-refractivity contribution in [2.24, 2.45) is 0 Å². The molecule has 1 fully saturated rings. The number of benzene rings is 2. The Bertz CT molecular complexity index is 1000. The molecule has 1 aliphatic rings. The fourth-order valence-electron chi connectivity index (χ4n) is 3.25. The number of nitrogens with one attached hydrogen (secondary N) is 2. The van der Waals surface area contributed by atoms with Crippen molar-refractivity contribution in [1.82, 2.24) is 15.5 Å². The minimum absolute atomic E-state index is 0.403. The quantitative estimate of drug-likeness (QED) is 0.599. The van der Waals surface area contributed by atoms with E-state index in [1.54, 1.807) is 50.2 Å². The molecule has 0 saturated carbocycles. The van der Waals surface area contributed by atoms with E-state index in [1.165, 1.54) is 0 Å². The highest BCUT2D eigenvalue weighted by atomic mass is 79.9. The van der Waals surface area contributed by atoms with Gasteiger partial charge in [-0.25, -0.2) is 4.79 Å². The second-order valence-electron chi connectivity index (χ2n) is 6.88. The largest absolute Gasteiger partial charge is 0.348 e. The van der Waals surface area contributed by atoms with Crippen molar-refractivity contribution in [3.8, 4) is 0 Å². The summed E-state index contributed by atoms with van der Waals surface area (Å²) in [4.78, 5) is 38.8. The van der Waals surface area contributed by atoms with Gasteiger partial charge >= 0.3 is 6.03 Å². The molecule has 0 radical (unpaired) electrons. The second kappa shape index (κ2) is 8.34. The molecule has 1 saturated heterocycles. The first kappa shape index (κ1) is 21.6. The van der Waals surface area contributed by atoms with Crippen LogP contribution >= 0.6 is 39.1 Å². The predicted octanol–water partition coefficient (Wildman–Crippen LogP) is 4.40. The van der Waals surface area contributed by atoms with Gasteiger partial charge in [0, 0.05) is 20.1 Å². The fourth-order valence-corrected chi connectivity index (χ4v) is 4.50. The fraction of sp³-hybridized carbons (Fsp3) is 0.250. The molecule has 2 aromatic carbocycles.